The number of nitrogens with one attached hydrogen (secondary N) is 1. The van der Waals surface area contributed by atoms with Crippen LogP contribution in [0.2, 0.25) is 0 Å². The molecule has 9 heteroatoms. The molecule has 212 valence electrons. The van der Waals surface area contributed by atoms with Crippen molar-refractivity contribution in [3.05, 3.63) is 63.4 Å². The Morgan fingerprint density at radius 2 is 1.95 bits per heavy atom. The highest BCUT2D eigenvalue weighted by molar-refractivity contribution is 7.11. The minimum atomic E-state index is -0.583. The molecule has 3 aliphatic rings. The SMILES string of the molecule is COC(=O)[C@@H]1CCCN1C(=O)c1ccsc1/C=C1\Oc2ccc(O)c(OC)c2-c2ccc3c(c21)C(C)=CC(C)(C)N3. The summed E-state index contributed by atoms with van der Waals surface area (Å²) in [5.41, 5.74) is 5.67. The average molecular weight is 573 g/mol. The van der Waals surface area contributed by atoms with Crippen LogP contribution in [-0.4, -0.2) is 54.2 Å². The number of aromatic hydroxyl groups is 1. The maximum atomic E-state index is 13.7. The number of hydrogen-bond donors (Lipinski definition) is 2. The number of amides is 1. The van der Waals surface area contributed by atoms with Gasteiger partial charge in [0, 0.05) is 33.8 Å². The first-order valence-corrected chi connectivity index (χ1v) is 14.4. The van der Waals surface area contributed by atoms with E-state index in [-0.39, 0.29) is 17.2 Å². The molecule has 1 aromatic heterocycles. The van der Waals surface area contributed by atoms with Crippen molar-refractivity contribution in [2.24, 2.45) is 0 Å². The zero-order chi connectivity index (χ0) is 29.1. The van der Waals surface area contributed by atoms with Crippen LogP contribution in [0.1, 0.15) is 60.0 Å². The number of thiophene rings is 1. The van der Waals surface area contributed by atoms with Crippen molar-refractivity contribution in [3.63, 3.8) is 0 Å². The van der Waals surface area contributed by atoms with Crippen molar-refractivity contribution in [2.75, 3.05) is 26.1 Å². The van der Waals surface area contributed by atoms with Crippen LogP contribution < -0.4 is 14.8 Å². The monoisotopic (exact) mass is 572 g/mol. The number of methoxy groups -OCH3 is 2. The molecule has 0 saturated carbocycles. The highest BCUT2D eigenvalue weighted by Crippen LogP contribution is 2.54. The van der Waals surface area contributed by atoms with Crippen molar-refractivity contribution >= 4 is 46.3 Å². The fourth-order valence-electron chi connectivity index (χ4n) is 6.22. The molecule has 6 rings (SSSR count). The summed E-state index contributed by atoms with van der Waals surface area (Å²) in [6, 6.07) is 8.54. The molecule has 0 spiro atoms. The number of carbonyl (C=O) groups is 2. The summed E-state index contributed by atoms with van der Waals surface area (Å²) in [6.07, 6.45) is 5.41. The molecule has 0 radical (unpaired) electrons. The summed E-state index contributed by atoms with van der Waals surface area (Å²) >= 11 is 1.43. The molecule has 1 atom stereocenters. The molecule has 3 aromatic rings. The van der Waals surface area contributed by atoms with E-state index in [9.17, 15) is 14.7 Å². The van der Waals surface area contributed by atoms with Gasteiger partial charge in [-0.1, -0.05) is 12.1 Å². The standard InChI is InChI=1S/C32H32N2O6S/c1-17-16-32(2,3)33-20-9-8-19-27(26(17)20)24(40-23-11-10-22(35)29(38-4)28(19)23)15-25-18(12-14-41-25)30(36)34-13-6-7-21(34)31(37)39-5/h8-12,14-16,21,33,35H,6-7,13H2,1-5H3/b24-15-/t21-/m0/s1. The zero-order valence-corrected chi connectivity index (χ0v) is 24.5. The Bertz CT molecular complexity index is 1650. The van der Waals surface area contributed by atoms with Crippen LogP contribution in [0.5, 0.6) is 17.2 Å². The number of likely N-dealkylation sites (tertiary alicyclic amines) is 1. The number of fused-ring (bicyclic) bond motifs is 5. The van der Waals surface area contributed by atoms with Gasteiger partial charge in [-0.05, 0) is 74.9 Å². The first kappa shape index (κ1) is 27.0. The van der Waals surface area contributed by atoms with E-state index in [4.69, 9.17) is 14.2 Å². The van der Waals surface area contributed by atoms with E-state index in [2.05, 4.69) is 32.2 Å². The second-order valence-corrected chi connectivity index (χ2v) is 12.0. The van der Waals surface area contributed by atoms with E-state index >= 15 is 0 Å². The summed E-state index contributed by atoms with van der Waals surface area (Å²) in [7, 11) is 2.87. The van der Waals surface area contributed by atoms with Crippen molar-refractivity contribution in [3.8, 4) is 28.4 Å². The van der Waals surface area contributed by atoms with Gasteiger partial charge in [-0.3, -0.25) is 4.79 Å². The second kappa shape index (κ2) is 9.99. The molecule has 1 fully saturated rings. The van der Waals surface area contributed by atoms with Crippen LogP contribution in [0.3, 0.4) is 0 Å². The van der Waals surface area contributed by atoms with Crippen molar-refractivity contribution in [1.82, 2.24) is 4.90 Å². The van der Waals surface area contributed by atoms with Crippen molar-refractivity contribution < 1.29 is 28.9 Å². The Morgan fingerprint density at radius 1 is 1.15 bits per heavy atom. The molecule has 4 heterocycles. The smallest absolute Gasteiger partial charge is 0.328 e. The Hall–Kier alpha value is -4.24. The van der Waals surface area contributed by atoms with Crippen molar-refractivity contribution in [1.29, 1.82) is 0 Å². The lowest BCUT2D eigenvalue weighted by atomic mass is 9.83. The van der Waals surface area contributed by atoms with Crippen LogP contribution >= 0.6 is 11.3 Å². The first-order valence-electron chi connectivity index (χ1n) is 13.5. The van der Waals surface area contributed by atoms with E-state index in [0.717, 1.165) is 39.2 Å². The number of hydrogen-bond acceptors (Lipinski definition) is 8. The fraction of sp³-hybridized carbons (Fsp3) is 0.312. The van der Waals surface area contributed by atoms with E-state index in [0.29, 0.717) is 41.4 Å². The molecule has 2 N–H and O–H groups in total. The van der Waals surface area contributed by atoms with Crippen LogP contribution in [0.15, 0.2) is 41.8 Å². The average Bonchev–Trinajstić information content (AvgIpc) is 3.61. The third kappa shape index (κ3) is 4.44. The van der Waals surface area contributed by atoms with Gasteiger partial charge in [-0.2, -0.15) is 0 Å². The number of allylic oxidation sites excluding steroid dienone is 1. The van der Waals surface area contributed by atoms with E-state index in [1.54, 1.807) is 23.1 Å². The Labute approximate surface area is 242 Å². The number of carbonyl (C=O) groups excluding carboxylic acids is 2. The Balaban J connectivity index is 1.52. The molecule has 3 aliphatic heterocycles. The maximum Gasteiger partial charge on any atom is 0.328 e. The number of nitrogens with zero attached hydrogens (tertiary/aromatic N) is 1. The summed E-state index contributed by atoms with van der Waals surface area (Å²) in [4.78, 5) is 28.4. The van der Waals surface area contributed by atoms with Gasteiger partial charge in [0.15, 0.2) is 11.5 Å². The van der Waals surface area contributed by atoms with Gasteiger partial charge in [-0.25, -0.2) is 4.79 Å². The van der Waals surface area contributed by atoms with Gasteiger partial charge in [-0.15, -0.1) is 11.3 Å². The molecule has 41 heavy (non-hydrogen) atoms. The Kier molecular flexibility index (Phi) is 6.57. The molecule has 0 unspecified atom stereocenters. The molecular formula is C32H32N2O6S. The predicted molar refractivity (Wildman–Crippen MR) is 160 cm³/mol. The van der Waals surface area contributed by atoms with Crippen LogP contribution in [-0.2, 0) is 9.53 Å². The number of benzene rings is 2. The summed E-state index contributed by atoms with van der Waals surface area (Å²) < 4.78 is 17.1. The topological polar surface area (TPSA) is 97.3 Å². The lowest BCUT2D eigenvalue weighted by Gasteiger charge is -2.35. The number of phenolic OH excluding ortho intramolecular Hbond substituents is 1. The van der Waals surface area contributed by atoms with Crippen LogP contribution in [0.25, 0.3) is 28.5 Å². The molecule has 1 amide bonds. The molecule has 0 bridgehead atoms. The molecule has 8 nitrogen and oxygen atoms in total. The van der Waals surface area contributed by atoms with Gasteiger partial charge in [0.2, 0.25) is 0 Å². The first-order chi connectivity index (χ1) is 19.6. The van der Waals surface area contributed by atoms with E-state index in [1.165, 1.54) is 25.6 Å². The molecule has 1 saturated heterocycles. The number of ether oxygens (including phenoxy) is 3. The van der Waals surface area contributed by atoms with Crippen LogP contribution in [0.4, 0.5) is 5.69 Å². The van der Waals surface area contributed by atoms with Crippen LogP contribution in [0, 0.1) is 0 Å². The fourth-order valence-corrected chi connectivity index (χ4v) is 7.03. The largest absolute Gasteiger partial charge is 0.504 e. The normalized spacial score (nSPS) is 19.3. The third-order valence-electron chi connectivity index (χ3n) is 7.85. The van der Waals surface area contributed by atoms with E-state index in [1.807, 2.05) is 23.6 Å². The molecule has 2 aromatic carbocycles. The van der Waals surface area contributed by atoms with Crippen molar-refractivity contribution in [2.45, 2.75) is 45.2 Å². The van der Waals surface area contributed by atoms with Gasteiger partial charge in [0.25, 0.3) is 5.91 Å². The summed E-state index contributed by atoms with van der Waals surface area (Å²) in [6.45, 7) is 6.81. The van der Waals surface area contributed by atoms with E-state index < -0.39 is 12.0 Å². The zero-order valence-electron chi connectivity index (χ0n) is 23.7. The predicted octanol–water partition coefficient (Wildman–Crippen LogP) is 6.40. The third-order valence-corrected chi connectivity index (χ3v) is 8.71. The lowest BCUT2D eigenvalue weighted by Crippen LogP contribution is -2.41. The second-order valence-electron chi connectivity index (χ2n) is 11.1. The van der Waals surface area contributed by atoms with Gasteiger partial charge in [0.05, 0.1) is 30.9 Å². The minimum absolute atomic E-state index is 0.0226. The minimum Gasteiger partial charge on any atom is -0.504 e. The van der Waals surface area contributed by atoms with Gasteiger partial charge in [0.1, 0.15) is 17.6 Å². The highest BCUT2D eigenvalue weighted by Gasteiger charge is 2.37. The Morgan fingerprint density at radius 3 is 2.71 bits per heavy atom. The lowest BCUT2D eigenvalue weighted by molar-refractivity contribution is -0.145. The van der Waals surface area contributed by atoms with Gasteiger partial charge < -0.3 is 29.5 Å². The number of phenols is 1. The number of rotatable bonds is 4. The maximum absolute atomic E-state index is 13.7. The highest BCUT2D eigenvalue weighted by atomic mass is 32.1. The molecular weight excluding hydrogens is 540 g/mol. The quantitative estimate of drug-likeness (QED) is 0.349. The van der Waals surface area contributed by atoms with Gasteiger partial charge >= 0.3 is 5.97 Å². The number of anilines is 1. The number of esters is 1. The summed E-state index contributed by atoms with van der Waals surface area (Å²) in [5, 5.41) is 16.1. The molecule has 0 aliphatic carbocycles. The summed E-state index contributed by atoms with van der Waals surface area (Å²) in [5.74, 6) is 0.877.